The molecule has 0 fully saturated rings. The number of ether oxygens (including phenoxy) is 6. The molecule has 4 N–H and O–H groups in total. The Hall–Kier alpha value is -7.50. The van der Waals surface area contributed by atoms with E-state index < -0.39 is 12.2 Å². The lowest BCUT2D eigenvalue weighted by molar-refractivity contribution is 0.101. The molecule has 0 aliphatic rings. The summed E-state index contributed by atoms with van der Waals surface area (Å²) in [6.07, 6.45) is 1.63. The topological polar surface area (TPSA) is 215 Å². The van der Waals surface area contributed by atoms with Crippen LogP contribution in [0.4, 0.5) is 21.0 Å². The van der Waals surface area contributed by atoms with E-state index in [1.165, 1.54) is 42.7 Å². The smallest absolute Gasteiger partial charge is 0.433 e. The van der Waals surface area contributed by atoms with Crippen molar-refractivity contribution in [1.82, 2.24) is 10.6 Å². The first-order valence-corrected chi connectivity index (χ1v) is 19.4. The molecule has 18 nitrogen and oxygen atoms in total. The Morgan fingerprint density at radius 3 is 1.06 bits per heavy atom. The number of amides is 4. The zero-order valence-corrected chi connectivity index (χ0v) is 36.0. The van der Waals surface area contributed by atoms with Gasteiger partial charge in [-0.3, -0.25) is 19.3 Å². The third kappa shape index (κ3) is 13.5. The molecule has 0 heterocycles. The van der Waals surface area contributed by atoms with Crippen LogP contribution in [-0.2, 0) is 9.68 Å². The van der Waals surface area contributed by atoms with Gasteiger partial charge in [-0.2, -0.15) is 0 Å². The summed E-state index contributed by atoms with van der Waals surface area (Å²) in [5, 5.41) is 18.8. The first-order valence-electron chi connectivity index (χ1n) is 19.4. The molecule has 0 atom stereocenters. The summed E-state index contributed by atoms with van der Waals surface area (Å²) in [5.41, 5.74) is 4.00. The van der Waals surface area contributed by atoms with E-state index >= 15 is 0 Å². The number of rotatable bonds is 21. The Morgan fingerprint density at radius 2 is 0.774 bits per heavy atom. The molecule has 0 spiro atoms. The molecule has 0 radical (unpaired) electrons. The molecule has 0 saturated heterocycles. The number of nitrogens with zero attached hydrogens (tertiary/aromatic N) is 2. The van der Waals surface area contributed by atoms with Gasteiger partial charge < -0.3 is 49.7 Å². The molecule has 0 aliphatic heterocycles. The summed E-state index contributed by atoms with van der Waals surface area (Å²) in [7, 11) is 8.85. The molecule has 4 amide bonds. The number of oxime groups is 2. The molecule has 0 unspecified atom stereocenters. The van der Waals surface area contributed by atoms with Gasteiger partial charge in [0.2, 0.25) is 11.5 Å². The fourth-order valence-corrected chi connectivity index (χ4v) is 5.79. The van der Waals surface area contributed by atoms with E-state index in [0.717, 1.165) is 12.8 Å². The quantitative estimate of drug-likeness (QED) is 0.0279. The number of hydrogen-bond donors (Lipinski definition) is 4. The van der Waals surface area contributed by atoms with E-state index in [1.807, 2.05) is 0 Å². The van der Waals surface area contributed by atoms with E-state index in [-0.39, 0.29) is 11.8 Å². The molecule has 0 aliphatic carbocycles. The largest absolute Gasteiger partial charge is 0.493 e. The average Bonchev–Trinajstić information content (AvgIpc) is 3.29. The van der Waals surface area contributed by atoms with Crippen molar-refractivity contribution in [1.29, 1.82) is 0 Å². The summed E-state index contributed by atoms with van der Waals surface area (Å²) in [5.74, 6) is 1.44. The molecule has 4 aromatic rings. The lowest BCUT2D eigenvalue weighted by Gasteiger charge is -2.14. The van der Waals surface area contributed by atoms with Crippen LogP contribution in [0.15, 0.2) is 83.1 Å². The van der Waals surface area contributed by atoms with Gasteiger partial charge in [-0.05, 0) is 86.3 Å². The van der Waals surface area contributed by atoms with Gasteiger partial charge in [-0.1, -0.05) is 47.4 Å². The number of nitrogens with one attached hydrogen (secondary N) is 4. The molecular weight excluding hydrogens is 805 g/mol. The Morgan fingerprint density at radius 1 is 0.452 bits per heavy atom. The minimum absolute atomic E-state index is 0.316. The summed E-state index contributed by atoms with van der Waals surface area (Å²) in [6, 6.07) is 20.0. The second kappa shape index (κ2) is 23.9. The highest BCUT2D eigenvalue weighted by Crippen LogP contribution is 2.39. The molecule has 18 heteroatoms. The zero-order chi connectivity index (χ0) is 45.0. The van der Waals surface area contributed by atoms with Crippen LogP contribution >= 0.6 is 0 Å². The number of methoxy groups -OCH3 is 6. The number of hydrogen-bond acceptors (Lipinski definition) is 14. The fourth-order valence-electron chi connectivity index (χ4n) is 5.79. The minimum atomic E-state index is -0.686. The SMILES string of the molecule is COc1cc(C(=O)Nc2ccc(/C(C)=N/OC(=O)NCCCCCCNC(=O)O/N=C(\C)c3ccc(NC(=O)c4cc(OC)c(OC)c(OC)c4)cc3)cc2)cc(OC)c1OC. The van der Waals surface area contributed by atoms with Crippen molar-refractivity contribution in [2.24, 2.45) is 10.3 Å². The molecule has 0 saturated carbocycles. The van der Waals surface area contributed by atoms with Crippen molar-refractivity contribution in [2.45, 2.75) is 39.5 Å². The first kappa shape index (κ1) is 47.2. The minimum Gasteiger partial charge on any atom is -0.493 e. The fraction of sp³-hybridized carbons (Fsp3) is 0.318. The summed E-state index contributed by atoms with van der Waals surface area (Å²) in [6.45, 7) is 4.16. The summed E-state index contributed by atoms with van der Waals surface area (Å²) >= 11 is 0. The van der Waals surface area contributed by atoms with Crippen molar-refractivity contribution < 1.29 is 57.3 Å². The maximum absolute atomic E-state index is 12.9. The van der Waals surface area contributed by atoms with E-state index in [2.05, 4.69) is 31.6 Å². The second-order valence-electron chi connectivity index (χ2n) is 13.3. The Balaban J connectivity index is 1.09. The van der Waals surface area contributed by atoms with Crippen LogP contribution in [0, 0.1) is 0 Å². The van der Waals surface area contributed by atoms with Gasteiger partial charge in [-0.15, -0.1) is 0 Å². The van der Waals surface area contributed by atoms with Gasteiger partial charge in [0.1, 0.15) is 0 Å². The van der Waals surface area contributed by atoms with E-state index in [4.69, 9.17) is 38.1 Å². The van der Waals surface area contributed by atoms with E-state index in [1.54, 1.807) is 86.6 Å². The van der Waals surface area contributed by atoms with Gasteiger partial charge in [0.25, 0.3) is 11.8 Å². The normalized spacial score (nSPS) is 11.1. The van der Waals surface area contributed by atoms with Crippen molar-refractivity contribution in [2.75, 3.05) is 66.4 Å². The molecule has 0 bridgehead atoms. The molecule has 4 aromatic carbocycles. The van der Waals surface area contributed by atoms with E-state index in [9.17, 15) is 19.2 Å². The van der Waals surface area contributed by atoms with Crippen LogP contribution in [0.2, 0.25) is 0 Å². The lowest BCUT2D eigenvalue weighted by atomic mass is 10.1. The van der Waals surface area contributed by atoms with Gasteiger partial charge in [-0.25, -0.2) is 9.59 Å². The Labute approximate surface area is 359 Å². The van der Waals surface area contributed by atoms with Crippen LogP contribution < -0.4 is 49.7 Å². The highest BCUT2D eigenvalue weighted by molar-refractivity contribution is 6.06. The van der Waals surface area contributed by atoms with Gasteiger partial charge in [0.15, 0.2) is 23.0 Å². The van der Waals surface area contributed by atoms with Crippen LogP contribution in [0.5, 0.6) is 34.5 Å². The monoisotopic (exact) mass is 856 g/mol. The third-order valence-electron chi connectivity index (χ3n) is 9.15. The molecular formula is C44H52N6O12. The van der Waals surface area contributed by atoms with Crippen LogP contribution in [-0.4, -0.2) is 91.2 Å². The first-order chi connectivity index (χ1) is 29.9. The molecule has 0 aromatic heterocycles. The Bertz CT molecular complexity index is 2020. The Kier molecular flexibility index (Phi) is 18.2. The van der Waals surface area contributed by atoms with Gasteiger partial charge in [0, 0.05) is 35.6 Å². The number of unbranched alkanes of at least 4 members (excludes halogenated alkanes) is 3. The van der Waals surface area contributed by atoms with Crippen molar-refractivity contribution in [3.63, 3.8) is 0 Å². The van der Waals surface area contributed by atoms with Crippen molar-refractivity contribution >= 4 is 46.8 Å². The van der Waals surface area contributed by atoms with Crippen LogP contribution in [0.1, 0.15) is 71.4 Å². The summed E-state index contributed by atoms with van der Waals surface area (Å²) in [4.78, 5) is 60.2. The zero-order valence-electron chi connectivity index (χ0n) is 36.0. The standard InChI is InChI=1S/C44H52N6O12/c1-27(29-13-17-33(18-14-29)47-41(51)31-23-35(55-3)39(59-7)36(24-31)56-4)49-61-43(53)45-21-11-9-10-12-22-46-44(54)62-50-28(2)30-15-19-34(20-16-30)48-42(52)32-25-37(57-5)40(60-8)38(26-32)58-6/h13-20,23-26H,9-12,21-22H2,1-8H3,(H,45,53)(H,46,54)(H,47,51)(H,48,52)/b49-27+,50-28+. The molecule has 62 heavy (non-hydrogen) atoms. The maximum Gasteiger partial charge on any atom is 0.433 e. The molecule has 4 rings (SSSR count). The second-order valence-corrected chi connectivity index (χ2v) is 13.3. The highest BCUT2D eigenvalue weighted by Gasteiger charge is 2.19. The third-order valence-corrected chi connectivity index (χ3v) is 9.15. The predicted octanol–water partition coefficient (Wildman–Crippen LogP) is 7.40. The predicted molar refractivity (Wildman–Crippen MR) is 233 cm³/mol. The number of carbonyl (C=O) groups is 4. The summed E-state index contributed by atoms with van der Waals surface area (Å²) < 4.78 is 31.9. The maximum atomic E-state index is 12.9. The molecule has 330 valence electrons. The van der Waals surface area contributed by atoms with Crippen LogP contribution in [0.25, 0.3) is 0 Å². The van der Waals surface area contributed by atoms with Crippen LogP contribution in [0.3, 0.4) is 0 Å². The number of benzene rings is 4. The van der Waals surface area contributed by atoms with Gasteiger partial charge in [0.05, 0.1) is 54.1 Å². The highest BCUT2D eigenvalue weighted by atomic mass is 16.7. The average molecular weight is 857 g/mol. The van der Waals surface area contributed by atoms with Crippen molar-refractivity contribution in [3.05, 3.63) is 95.1 Å². The number of carbonyl (C=O) groups excluding carboxylic acids is 4. The van der Waals surface area contributed by atoms with E-state index in [0.29, 0.717) is 105 Å². The number of anilines is 2. The van der Waals surface area contributed by atoms with Crippen molar-refractivity contribution in [3.8, 4) is 34.5 Å². The van der Waals surface area contributed by atoms with Gasteiger partial charge >= 0.3 is 12.2 Å². The lowest BCUT2D eigenvalue weighted by Crippen LogP contribution is -2.25.